The predicted octanol–water partition coefficient (Wildman–Crippen LogP) is 3.10. The minimum Gasteiger partial charge on any atom is -0.495 e. The summed E-state index contributed by atoms with van der Waals surface area (Å²) in [5.41, 5.74) is -0.217. The van der Waals surface area contributed by atoms with E-state index in [-0.39, 0.29) is 22.4 Å². The van der Waals surface area contributed by atoms with E-state index >= 15 is 0 Å². The highest BCUT2D eigenvalue weighted by molar-refractivity contribution is 7.89. The Bertz CT molecular complexity index is 643. The van der Waals surface area contributed by atoms with Gasteiger partial charge in [0.1, 0.15) is 10.6 Å². The van der Waals surface area contributed by atoms with E-state index in [1.54, 1.807) is 6.92 Å². The minimum atomic E-state index is -3.79. The lowest BCUT2D eigenvalue weighted by Crippen LogP contribution is -2.32. The number of nitro benzene ring substituents is 1. The quantitative estimate of drug-likeness (QED) is 0.548. The summed E-state index contributed by atoms with van der Waals surface area (Å²) < 4.78 is 32.5. The first-order valence-corrected chi connectivity index (χ1v) is 9.00. The van der Waals surface area contributed by atoms with Gasteiger partial charge in [0.05, 0.1) is 18.1 Å². The first-order chi connectivity index (χ1) is 10.7. The van der Waals surface area contributed by atoms with Gasteiger partial charge in [-0.15, -0.1) is 0 Å². The number of benzene rings is 1. The Kier molecular flexibility index (Phi) is 6.96. The zero-order valence-corrected chi connectivity index (χ0v) is 14.7. The average molecular weight is 344 g/mol. The second-order valence-electron chi connectivity index (χ2n) is 5.94. The van der Waals surface area contributed by atoms with Gasteiger partial charge in [-0.2, -0.15) is 0 Å². The van der Waals surface area contributed by atoms with Gasteiger partial charge in [-0.3, -0.25) is 10.1 Å². The third-order valence-corrected chi connectivity index (χ3v) is 5.05. The van der Waals surface area contributed by atoms with Crippen molar-refractivity contribution in [3.8, 4) is 5.75 Å². The standard InChI is InChI=1S/C15H24N2O5S/c1-11(2)6-5-7-12(3)16-23(20,21)15-9-8-13(17(18)19)10-14(15)22-4/h8-12,16H,5-7H2,1-4H3. The number of hydrogen-bond acceptors (Lipinski definition) is 5. The van der Waals surface area contributed by atoms with Crippen LogP contribution >= 0.6 is 0 Å². The molecule has 1 rings (SSSR count). The van der Waals surface area contributed by atoms with Gasteiger partial charge in [0.2, 0.25) is 10.0 Å². The summed E-state index contributed by atoms with van der Waals surface area (Å²) >= 11 is 0. The number of ether oxygens (including phenoxy) is 1. The van der Waals surface area contributed by atoms with Crippen molar-refractivity contribution >= 4 is 15.7 Å². The summed E-state index contributed by atoms with van der Waals surface area (Å²) in [6.45, 7) is 6.04. The Hall–Kier alpha value is -1.67. The topological polar surface area (TPSA) is 98.5 Å². The molecule has 0 aromatic heterocycles. The van der Waals surface area contributed by atoms with Crippen LogP contribution in [0.5, 0.6) is 5.75 Å². The van der Waals surface area contributed by atoms with Crippen molar-refractivity contribution in [1.82, 2.24) is 4.72 Å². The first-order valence-electron chi connectivity index (χ1n) is 7.52. The van der Waals surface area contributed by atoms with Crippen LogP contribution in [0.2, 0.25) is 0 Å². The lowest BCUT2D eigenvalue weighted by atomic mass is 10.0. The van der Waals surface area contributed by atoms with E-state index in [1.807, 2.05) is 0 Å². The van der Waals surface area contributed by atoms with Crippen molar-refractivity contribution < 1.29 is 18.1 Å². The fourth-order valence-electron chi connectivity index (χ4n) is 2.21. The van der Waals surface area contributed by atoms with Crippen LogP contribution in [0, 0.1) is 16.0 Å². The molecule has 0 aliphatic carbocycles. The number of nitrogens with one attached hydrogen (secondary N) is 1. The van der Waals surface area contributed by atoms with Gasteiger partial charge in [0.25, 0.3) is 5.69 Å². The van der Waals surface area contributed by atoms with Crippen LogP contribution in [-0.2, 0) is 10.0 Å². The maximum atomic E-state index is 12.4. The normalized spacial score (nSPS) is 13.1. The van der Waals surface area contributed by atoms with E-state index in [0.717, 1.165) is 31.4 Å². The number of sulfonamides is 1. The molecule has 0 bridgehead atoms. The largest absolute Gasteiger partial charge is 0.495 e. The fraction of sp³-hybridized carbons (Fsp3) is 0.600. The second-order valence-corrected chi connectivity index (χ2v) is 7.62. The Morgan fingerprint density at radius 3 is 2.43 bits per heavy atom. The molecule has 0 aliphatic rings. The van der Waals surface area contributed by atoms with E-state index in [1.165, 1.54) is 13.2 Å². The molecule has 0 radical (unpaired) electrons. The van der Waals surface area contributed by atoms with Gasteiger partial charge < -0.3 is 4.74 Å². The highest BCUT2D eigenvalue weighted by atomic mass is 32.2. The number of rotatable bonds is 9. The number of nitro groups is 1. The Labute approximate surface area is 137 Å². The second kappa shape index (κ2) is 8.26. The van der Waals surface area contributed by atoms with Crippen LogP contribution in [0.3, 0.4) is 0 Å². The number of methoxy groups -OCH3 is 1. The molecule has 8 heteroatoms. The predicted molar refractivity (Wildman–Crippen MR) is 88.1 cm³/mol. The first kappa shape index (κ1) is 19.4. The molecule has 1 unspecified atom stereocenters. The molecule has 7 nitrogen and oxygen atoms in total. The molecule has 0 saturated heterocycles. The summed E-state index contributed by atoms with van der Waals surface area (Å²) in [6.07, 6.45) is 2.69. The summed E-state index contributed by atoms with van der Waals surface area (Å²) in [4.78, 5) is 10.1. The van der Waals surface area contributed by atoms with Crippen molar-refractivity contribution in [2.24, 2.45) is 5.92 Å². The summed E-state index contributed by atoms with van der Waals surface area (Å²) in [5.74, 6) is 0.537. The van der Waals surface area contributed by atoms with Crippen LogP contribution in [-0.4, -0.2) is 26.5 Å². The van der Waals surface area contributed by atoms with E-state index in [9.17, 15) is 18.5 Å². The van der Waals surface area contributed by atoms with Gasteiger partial charge in [-0.1, -0.05) is 26.7 Å². The molecule has 0 aliphatic heterocycles. The fourth-order valence-corrected chi connectivity index (χ4v) is 3.64. The summed E-state index contributed by atoms with van der Waals surface area (Å²) in [7, 11) is -2.51. The van der Waals surface area contributed by atoms with Crippen LogP contribution < -0.4 is 9.46 Å². The number of nitrogens with zero attached hydrogens (tertiary/aromatic N) is 1. The highest BCUT2D eigenvalue weighted by Crippen LogP contribution is 2.28. The van der Waals surface area contributed by atoms with Gasteiger partial charge in [0, 0.05) is 12.1 Å². The lowest BCUT2D eigenvalue weighted by Gasteiger charge is -2.16. The molecular weight excluding hydrogens is 320 g/mol. The van der Waals surface area contributed by atoms with Crippen molar-refractivity contribution in [2.45, 2.75) is 51.0 Å². The third-order valence-electron chi connectivity index (χ3n) is 3.42. The zero-order valence-electron chi connectivity index (χ0n) is 13.9. The van der Waals surface area contributed by atoms with Crippen LogP contribution in [0.4, 0.5) is 5.69 Å². The molecule has 130 valence electrons. The number of hydrogen-bond donors (Lipinski definition) is 1. The van der Waals surface area contributed by atoms with Gasteiger partial charge in [-0.05, 0) is 25.3 Å². The Balaban J connectivity index is 2.89. The minimum absolute atomic E-state index is 0.0407. The molecule has 0 saturated carbocycles. The maximum Gasteiger partial charge on any atom is 0.273 e. The monoisotopic (exact) mass is 344 g/mol. The van der Waals surface area contributed by atoms with E-state index in [0.29, 0.717) is 5.92 Å². The molecule has 0 amide bonds. The Morgan fingerprint density at radius 1 is 1.26 bits per heavy atom. The SMILES string of the molecule is COc1cc([N+](=O)[O-])ccc1S(=O)(=O)NC(C)CCCC(C)C. The molecule has 0 fully saturated rings. The maximum absolute atomic E-state index is 12.4. The molecule has 0 heterocycles. The Morgan fingerprint density at radius 2 is 1.91 bits per heavy atom. The summed E-state index contributed by atoms with van der Waals surface area (Å²) in [5, 5.41) is 10.8. The highest BCUT2D eigenvalue weighted by Gasteiger charge is 2.23. The molecule has 1 aromatic rings. The van der Waals surface area contributed by atoms with Gasteiger partial charge in [0.15, 0.2) is 0 Å². The van der Waals surface area contributed by atoms with Crippen molar-refractivity contribution in [2.75, 3.05) is 7.11 Å². The molecular formula is C15H24N2O5S. The number of non-ortho nitro benzene ring substituents is 1. The lowest BCUT2D eigenvalue weighted by molar-refractivity contribution is -0.385. The van der Waals surface area contributed by atoms with E-state index in [2.05, 4.69) is 18.6 Å². The van der Waals surface area contributed by atoms with Crippen molar-refractivity contribution in [3.63, 3.8) is 0 Å². The van der Waals surface area contributed by atoms with Crippen molar-refractivity contribution in [3.05, 3.63) is 28.3 Å². The van der Waals surface area contributed by atoms with Crippen LogP contribution in [0.25, 0.3) is 0 Å². The van der Waals surface area contributed by atoms with Crippen molar-refractivity contribution in [1.29, 1.82) is 0 Å². The van der Waals surface area contributed by atoms with E-state index < -0.39 is 14.9 Å². The molecule has 1 N–H and O–H groups in total. The van der Waals surface area contributed by atoms with Gasteiger partial charge >= 0.3 is 0 Å². The summed E-state index contributed by atoms with van der Waals surface area (Å²) in [6, 6.07) is 3.23. The smallest absolute Gasteiger partial charge is 0.273 e. The average Bonchev–Trinajstić information content (AvgIpc) is 2.45. The third kappa shape index (κ3) is 5.80. The molecule has 23 heavy (non-hydrogen) atoms. The molecule has 0 spiro atoms. The molecule has 1 atom stereocenters. The zero-order chi connectivity index (χ0) is 17.6. The van der Waals surface area contributed by atoms with E-state index in [4.69, 9.17) is 4.74 Å². The van der Waals surface area contributed by atoms with Gasteiger partial charge in [-0.25, -0.2) is 13.1 Å². The molecule has 1 aromatic carbocycles. The van der Waals surface area contributed by atoms with Crippen LogP contribution in [0.1, 0.15) is 40.0 Å². The van der Waals surface area contributed by atoms with Crippen LogP contribution in [0.15, 0.2) is 23.1 Å².